The van der Waals surface area contributed by atoms with Gasteiger partial charge < -0.3 is 11.1 Å². The Hall–Kier alpha value is -2.35. The van der Waals surface area contributed by atoms with Gasteiger partial charge in [0.15, 0.2) is 5.17 Å². The Kier molecular flexibility index (Phi) is 5.14. The summed E-state index contributed by atoms with van der Waals surface area (Å²) < 4.78 is 14.9. The van der Waals surface area contributed by atoms with Crippen LogP contribution in [0.15, 0.2) is 41.5 Å². The monoisotopic (exact) mass is 396 g/mol. The number of carbonyl (C=O) groups is 1. The molecule has 1 saturated carbocycles. The van der Waals surface area contributed by atoms with E-state index in [1.54, 1.807) is 36.2 Å². The average molecular weight is 396 g/mol. The Morgan fingerprint density at radius 3 is 3.04 bits per heavy atom. The van der Waals surface area contributed by atoms with Gasteiger partial charge >= 0.3 is 0 Å². The molecule has 1 fully saturated rings. The molecular formula is C20H22BFN4OS. The summed E-state index contributed by atoms with van der Waals surface area (Å²) in [5, 5.41) is 3.37. The molecule has 5 nitrogen and oxygen atoms in total. The second kappa shape index (κ2) is 7.58. The quantitative estimate of drug-likeness (QED) is 0.780. The van der Waals surface area contributed by atoms with Crippen molar-refractivity contribution in [2.45, 2.75) is 31.2 Å². The van der Waals surface area contributed by atoms with Crippen molar-refractivity contribution in [1.29, 1.82) is 0 Å². The Morgan fingerprint density at radius 1 is 1.36 bits per heavy atom. The molecule has 1 aliphatic carbocycles. The number of nitrogens with one attached hydrogen (secondary N) is 1. The smallest absolute Gasteiger partial charge is 0.273 e. The highest BCUT2D eigenvalue weighted by molar-refractivity contribution is 8.13. The Morgan fingerprint density at radius 2 is 2.21 bits per heavy atom. The summed E-state index contributed by atoms with van der Waals surface area (Å²) in [4.78, 5) is 21.5. The molecule has 1 aromatic carbocycles. The van der Waals surface area contributed by atoms with Crippen LogP contribution in [0.3, 0.4) is 0 Å². The highest BCUT2D eigenvalue weighted by atomic mass is 32.2. The number of thioether (sulfide) groups is 1. The van der Waals surface area contributed by atoms with Gasteiger partial charge in [0.1, 0.15) is 19.4 Å². The minimum atomic E-state index is -0.640. The Bertz CT molecular complexity index is 954. The molecule has 4 rings (SSSR count). The summed E-state index contributed by atoms with van der Waals surface area (Å²) in [5.41, 5.74) is 7.61. The molecule has 144 valence electrons. The van der Waals surface area contributed by atoms with Gasteiger partial charge in [-0.3, -0.25) is 14.8 Å². The van der Waals surface area contributed by atoms with Crippen LogP contribution < -0.4 is 16.5 Å². The first-order valence-corrected chi connectivity index (χ1v) is 10.5. The number of fused-ring (bicyclic) bond motifs is 1. The van der Waals surface area contributed by atoms with E-state index in [1.165, 1.54) is 6.07 Å². The lowest BCUT2D eigenvalue weighted by Crippen LogP contribution is -2.43. The lowest BCUT2D eigenvalue weighted by atomic mass is 9.69. The molecule has 1 aromatic heterocycles. The molecule has 0 bridgehead atoms. The number of hydrogen-bond acceptors (Lipinski definition) is 5. The SMILES string of the molecule is Bc1cccnc1C(=O)Nc1ccc(F)c(C23CCCCC2CSC(N)=N3)c1. The number of rotatable bonds is 3. The van der Waals surface area contributed by atoms with Gasteiger partial charge in [-0.1, -0.05) is 36.1 Å². The van der Waals surface area contributed by atoms with Crippen molar-refractivity contribution in [1.82, 2.24) is 4.98 Å². The predicted molar refractivity (Wildman–Crippen MR) is 114 cm³/mol. The zero-order valence-corrected chi connectivity index (χ0v) is 16.6. The highest BCUT2D eigenvalue weighted by Gasteiger charge is 2.46. The standard InChI is InChI=1S/C20H22BFN4OS/c21-15-5-3-9-24-17(15)18(27)25-13-6-7-16(22)14(10-13)20-8-2-1-4-12(20)11-28-19(23)26-20/h3,5-7,9-10,12H,1-2,4,8,11,21H2,(H2,23,26)(H,25,27). The number of nitrogens with zero attached hydrogens (tertiary/aromatic N) is 2. The largest absolute Gasteiger partial charge is 0.379 e. The molecule has 2 unspecified atom stereocenters. The number of halogens is 1. The molecular weight excluding hydrogens is 374 g/mol. The van der Waals surface area contributed by atoms with Gasteiger partial charge in [0.25, 0.3) is 5.91 Å². The first kappa shape index (κ1) is 19.0. The molecule has 8 heteroatoms. The second-order valence-electron chi connectivity index (χ2n) is 7.45. The van der Waals surface area contributed by atoms with Crippen LogP contribution in [0.5, 0.6) is 0 Å². The summed E-state index contributed by atoms with van der Waals surface area (Å²) in [5.74, 6) is 0.480. The average Bonchev–Trinajstić information content (AvgIpc) is 2.69. The van der Waals surface area contributed by atoms with Crippen LogP contribution >= 0.6 is 11.8 Å². The fourth-order valence-corrected chi connectivity index (χ4v) is 5.32. The summed E-state index contributed by atoms with van der Waals surface area (Å²) in [6, 6.07) is 8.32. The normalized spacial score (nSPS) is 24.2. The summed E-state index contributed by atoms with van der Waals surface area (Å²) >= 11 is 1.54. The lowest BCUT2D eigenvalue weighted by Gasteiger charge is -2.44. The van der Waals surface area contributed by atoms with E-state index in [4.69, 9.17) is 10.7 Å². The molecule has 28 heavy (non-hydrogen) atoms. The highest BCUT2D eigenvalue weighted by Crippen LogP contribution is 2.50. The van der Waals surface area contributed by atoms with Gasteiger partial charge in [0.2, 0.25) is 0 Å². The fourth-order valence-electron chi connectivity index (χ4n) is 4.27. The maximum atomic E-state index is 14.9. The van der Waals surface area contributed by atoms with Crippen LogP contribution in [-0.4, -0.2) is 29.7 Å². The number of benzene rings is 1. The van der Waals surface area contributed by atoms with E-state index in [0.29, 0.717) is 22.1 Å². The Labute approximate surface area is 168 Å². The van der Waals surface area contributed by atoms with Gasteiger partial charge in [-0.15, -0.1) is 0 Å². The van der Waals surface area contributed by atoms with Crippen LogP contribution in [0.2, 0.25) is 0 Å². The molecule has 1 amide bonds. The first-order valence-electron chi connectivity index (χ1n) is 9.51. The van der Waals surface area contributed by atoms with Crippen LogP contribution in [0.1, 0.15) is 41.7 Å². The maximum Gasteiger partial charge on any atom is 0.273 e. The minimum Gasteiger partial charge on any atom is -0.379 e. The zero-order valence-electron chi connectivity index (χ0n) is 15.7. The van der Waals surface area contributed by atoms with Crippen LogP contribution in [-0.2, 0) is 5.54 Å². The summed E-state index contributed by atoms with van der Waals surface area (Å²) in [7, 11) is 1.83. The second-order valence-corrected chi connectivity index (χ2v) is 8.49. The maximum absolute atomic E-state index is 14.9. The molecule has 1 aliphatic heterocycles. The fraction of sp³-hybridized carbons (Fsp3) is 0.350. The van der Waals surface area contributed by atoms with Crippen molar-refractivity contribution in [3.8, 4) is 0 Å². The molecule has 3 N–H and O–H groups in total. The Balaban J connectivity index is 1.70. The third-order valence-corrected chi connectivity index (χ3v) is 6.65. The van der Waals surface area contributed by atoms with Crippen molar-refractivity contribution < 1.29 is 9.18 Å². The number of nitrogens with two attached hydrogens (primary N) is 1. The van der Waals surface area contributed by atoms with E-state index in [0.717, 1.165) is 36.9 Å². The molecule has 2 atom stereocenters. The number of anilines is 1. The number of aromatic nitrogens is 1. The van der Waals surface area contributed by atoms with Gasteiger partial charge in [-0.05, 0) is 43.0 Å². The number of amidine groups is 1. The number of aliphatic imine (C=N–C) groups is 1. The summed E-state index contributed by atoms with van der Waals surface area (Å²) in [6.07, 6.45) is 5.47. The molecule has 0 radical (unpaired) electrons. The van der Waals surface area contributed by atoms with Crippen molar-refractivity contribution in [3.63, 3.8) is 0 Å². The van der Waals surface area contributed by atoms with E-state index in [9.17, 15) is 9.18 Å². The number of amides is 1. The van der Waals surface area contributed by atoms with E-state index in [1.807, 2.05) is 13.9 Å². The molecule has 2 aliphatic rings. The van der Waals surface area contributed by atoms with E-state index in [-0.39, 0.29) is 17.6 Å². The van der Waals surface area contributed by atoms with Gasteiger partial charge in [0, 0.05) is 23.2 Å². The third-order valence-electron chi connectivity index (χ3n) is 5.69. The summed E-state index contributed by atoms with van der Waals surface area (Å²) in [6.45, 7) is 0. The molecule has 0 saturated heterocycles. The van der Waals surface area contributed by atoms with Gasteiger partial charge in [0.05, 0.1) is 5.54 Å². The third kappa shape index (κ3) is 3.41. The van der Waals surface area contributed by atoms with Crippen molar-refractivity contribution in [2.75, 3.05) is 11.1 Å². The predicted octanol–water partition coefficient (Wildman–Crippen LogP) is 2.18. The van der Waals surface area contributed by atoms with E-state index in [2.05, 4.69) is 10.3 Å². The van der Waals surface area contributed by atoms with Crippen LogP contribution in [0, 0.1) is 11.7 Å². The minimum absolute atomic E-state index is 0.247. The van der Waals surface area contributed by atoms with Crippen molar-refractivity contribution in [3.05, 3.63) is 53.6 Å². The van der Waals surface area contributed by atoms with Gasteiger partial charge in [-0.2, -0.15) is 0 Å². The van der Waals surface area contributed by atoms with Gasteiger partial charge in [-0.25, -0.2) is 4.39 Å². The van der Waals surface area contributed by atoms with E-state index >= 15 is 0 Å². The van der Waals surface area contributed by atoms with Crippen LogP contribution in [0.25, 0.3) is 0 Å². The molecule has 2 aromatic rings. The first-order chi connectivity index (χ1) is 13.5. The molecule has 0 spiro atoms. The van der Waals surface area contributed by atoms with E-state index < -0.39 is 5.54 Å². The molecule has 2 heterocycles. The van der Waals surface area contributed by atoms with Crippen molar-refractivity contribution in [2.24, 2.45) is 16.6 Å². The van der Waals surface area contributed by atoms with Crippen molar-refractivity contribution >= 4 is 41.8 Å². The number of carbonyl (C=O) groups excluding carboxylic acids is 1. The zero-order chi connectivity index (χ0) is 19.7. The number of hydrogen-bond donors (Lipinski definition) is 2. The lowest BCUT2D eigenvalue weighted by molar-refractivity contribution is 0.102. The number of pyridine rings is 1. The van der Waals surface area contributed by atoms with Crippen LogP contribution in [0.4, 0.5) is 10.1 Å². The topological polar surface area (TPSA) is 80.4 Å².